The zero-order chi connectivity index (χ0) is 29.4. The summed E-state index contributed by atoms with van der Waals surface area (Å²) in [6, 6.07) is -0.698. The van der Waals surface area contributed by atoms with E-state index in [1.165, 1.54) is 76.4 Å². The van der Waals surface area contributed by atoms with E-state index in [9.17, 15) is 9.59 Å². The average molecular weight is 564 g/mol. The molecule has 0 aliphatic heterocycles. The molecule has 1 rings (SSSR count). The van der Waals surface area contributed by atoms with Crippen molar-refractivity contribution in [1.29, 1.82) is 0 Å². The number of esters is 1. The molecule has 8 heteroatoms. The van der Waals surface area contributed by atoms with Crippen LogP contribution in [0.25, 0.3) is 0 Å². The molecule has 2 N–H and O–H groups in total. The summed E-state index contributed by atoms with van der Waals surface area (Å²) >= 11 is 1.66. The third kappa shape index (κ3) is 14.8. The number of nitrogens with zero attached hydrogens (tertiary/aromatic N) is 2. The fraction of sp³-hybridized carbons (Fsp3) is 0.742. The molecule has 0 aromatic carbocycles. The van der Waals surface area contributed by atoms with Gasteiger partial charge in [-0.05, 0) is 51.4 Å². The van der Waals surface area contributed by atoms with Crippen LogP contribution in [0.15, 0.2) is 24.0 Å². The van der Waals surface area contributed by atoms with Crippen LogP contribution in [0.1, 0.15) is 117 Å². The van der Waals surface area contributed by atoms with Crippen LogP contribution in [-0.4, -0.2) is 50.7 Å². The van der Waals surface area contributed by atoms with Crippen LogP contribution in [0, 0.1) is 17.8 Å². The summed E-state index contributed by atoms with van der Waals surface area (Å²) in [5.41, 5.74) is 1.36. The summed E-state index contributed by atoms with van der Waals surface area (Å²) in [7, 11) is 1.35. The maximum Gasteiger partial charge on any atom is 0.338 e. The first-order valence-corrected chi connectivity index (χ1v) is 15.5. The first-order valence-electron chi connectivity index (χ1n) is 14.5. The van der Waals surface area contributed by atoms with E-state index in [0.29, 0.717) is 0 Å². The van der Waals surface area contributed by atoms with Gasteiger partial charge in [-0.2, -0.15) is 0 Å². The molecule has 0 bridgehead atoms. The van der Waals surface area contributed by atoms with Gasteiger partial charge in [-0.3, -0.25) is 0 Å². The fourth-order valence-corrected chi connectivity index (χ4v) is 5.69. The number of hydrogen-bond donors (Lipinski definition) is 2. The number of carboxylic acid groups (broad SMARTS) is 1. The second kappa shape index (κ2) is 18.3. The van der Waals surface area contributed by atoms with E-state index in [-0.39, 0.29) is 11.5 Å². The van der Waals surface area contributed by atoms with Crippen molar-refractivity contribution in [2.75, 3.05) is 18.2 Å². The van der Waals surface area contributed by atoms with Gasteiger partial charge in [-0.15, -0.1) is 11.8 Å². The summed E-state index contributed by atoms with van der Waals surface area (Å²) in [5.74, 6) is 1.88. The Kier molecular flexibility index (Phi) is 16.4. The second-order valence-corrected chi connectivity index (χ2v) is 13.7. The lowest BCUT2D eigenvalue weighted by Gasteiger charge is -2.32. The fourth-order valence-electron chi connectivity index (χ4n) is 4.57. The summed E-state index contributed by atoms with van der Waals surface area (Å²) in [5, 5.41) is 12.1. The molecule has 3 unspecified atom stereocenters. The minimum Gasteiger partial charge on any atom is -0.478 e. The van der Waals surface area contributed by atoms with Crippen LogP contribution in [-0.2, 0) is 9.53 Å². The number of aromatic carboxylic acids is 1. The molecule has 0 saturated heterocycles. The minimum absolute atomic E-state index is 0.0130. The first kappa shape index (κ1) is 34.9. The van der Waals surface area contributed by atoms with Gasteiger partial charge in [0.1, 0.15) is 6.04 Å². The molecule has 0 saturated carbocycles. The summed E-state index contributed by atoms with van der Waals surface area (Å²) in [4.78, 5) is 31.7. The van der Waals surface area contributed by atoms with Gasteiger partial charge in [0.15, 0.2) is 0 Å². The van der Waals surface area contributed by atoms with Crippen molar-refractivity contribution in [2.45, 2.75) is 117 Å². The Balaban J connectivity index is 2.44. The molecule has 1 heterocycles. The first-order chi connectivity index (χ1) is 18.4. The lowest BCUT2D eigenvalue weighted by molar-refractivity contribution is -0.142. The van der Waals surface area contributed by atoms with Crippen LogP contribution in [0.3, 0.4) is 0 Å². The summed E-state index contributed by atoms with van der Waals surface area (Å²) in [6.45, 7) is 15.6. The zero-order valence-electron chi connectivity index (χ0n) is 25.6. The number of aromatic nitrogens is 2. The number of carbonyl (C=O) groups is 2. The molecule has 0 amide bonds. The summed E-state index contributed by atoms with van der Waals surface area (Å²) in [6.07, 6.45) is 16.4. The molecule has 0 aliphatic carbocycles. The number of ether oxygens (including phenoxy) is 1. The Morgan fingerprint density at radius 2 is 1.54 bits per heavy atom. The Bertz CT molecular complexity index is 886. The van der Waals surface area contributed by atoms with Gasteiger partial charge < -0.3 is 15.2 Å². The number of methoxy groups -OCH3 is 1. The lowest BCUT2D eigenvalue weighted by atomic mass is 9.91. The average Bonchev–Trinajstić information content (AvgIpc) is 2.86. The molecular formula is C31H53N3O4S. The molecule has 1 aromatic heterocycles. The van der Waals surface area contributed by atoms with Crippen LogP contribution in [0.2, 0.25) is 0 Å². The number of carbonyl (C=O) groups excluding carboxylic acids is 1. The van der Waals surface area contributed by atoms with Crippen LogP contribution in [0.4, 0.5) is 5.95 Å². The van der Waals surface area contributed by atoms with E-state index in [4.69, 9.17) is 9.84 Å². The molecule has 1 aromatic rings. The van der Waals surface area contributed by atoms with E-state index in [1.807, 2.05) is 13.8 Å². The van der Waals surface area contributed by atoms with Gasteiger partial charge in [-0.1, -0.05) is 84.3 Å². The summed E-state index contributed by atoms with van der Waals surface area (Å²) < 4.78 is 4.51. The third-order valence-electron chi connectivity index (χ3n) is 7.33. The van der Waals surface area contributed by atoms with E-state index in [1.54, 1.807) is 11.8 Å². The van der Waals surface area contributed by atoms with Crippen LogP contribution < -0.4 is 5.32 Å². The molecule has 0 fully saturated rings. The number of rotatable bonds is 20. The SMILES string of the molecule is COC(=O)C(Nc1ncc(C(=O)O)cn1)C(C)(C)SC/C=C(\C)CCCC(C)CCCC(C)CCCC(C)C. The largest absolute Gasteiger partial charge is 0.478 e. The molecule has 39 heavy (non-hydrogen) atoms. The van der Waals surface area contributed by atoms with E-state index < -0.39 is 22.7 Å². The topological polar surface area (TPSA) is 101 Å². The van der Waals surface area contributed by atoms with Gasteiger partial charge in [0.05, 0.1) is 12.7 Å². The maximum atomic E-state index is 12.6. The highest BCUT2D eigenvalue weighted by Gasteiger charge is 2.37. The Morgan fingerprint density at radius 1 is 1.00 bits per heavy atom. The van der Waals surface area contributed by atoms with Gasteiger partial charge in [-0.25, -0.2) is 19.6 Å². The number of thioether (sulfide) groups is 1. The maximum absolute atomic E-state index is 12.6. The number of allylic oxidation sites excluding steroid dienone is 1. The van der Waals surface area contributed by atoms with Crippen molar-refractivity contribution in [3.05, 3.63) is 29.6 Å². The molecular weight excluding hydrogens is 510 g/mol. The molecule has 7 nitrogen and oxygen atoms in total. The quantitative estimate of drug-likeness (QED) is 0.121. The molecule has 0 spiro atoms. The molecule has 0 aliphatic rings. The van der Waals surface area contributed by atoms with Crippen molar-refractivity contribution in [3.8, 4) is 0 Å². The van der Waals surface area contributed by atoms with Gasteiger partial charge in [0.25, 0.3) is 0 Å². The highest BCUT2D eigenvalue weighted by Crippen LogP contribution is 2.31. The van der Waals surface area contributed by atoms with Crippen molar-refractivity contribution < 1.29 is 19.4 Å². The van der Waals surface area contributed by atoms with E-state index in [2.05, 4.69) is 56.0 Å². The molecule has 222 valence electrons. The Labute approximate surface area is 241 Å². The van der Waals surface area contributed by atoms with E-state index in [0.717, 1.165) is 29.9 Å². The highest BCUT2D eigenvalue weighted by atomic mass is 32.2. The van der Waals surface area contributed by atoms with Crippen molar-refractivity contribution in [3.63, 3.8) is 0 Å². The third-order valence-corrected chi connectivity index (χ3v) is 8.64. The minimum atomic E-state index is -1.10. The number of nitrogens with one attached hydrogen (secondary N) is 1. The lowest BCUT2D eigenvalue weighted by Crippen LogP contribution is -2.46. The van der Waals surface area contributed by atoms with Gasteiger partial charge in [0.2, 0.25) is 5.95 Å². The standard InChI is InChI=1S/C31H53N3O4S/c1-22(2)12-9-13-23(3)14-10-15-24(4)16-11-17-25(5)18-19-39-31(6,7)27(29(37)38-8)34-30-32-20-26(21-33-30)28(35)36/h18,20-24,27H,9-17,19H2,1-8H3,(H,35,36)(H,32,33,34)/b25-18+. The Morgan fingerprint density at radius 3 is 2.05 bits per heavy atom. The van der Waals surface area contributed by atoms with Gasteiger partial charge in [0, 0.05) is 22.9 Å². The van der Waals surface area contributed by atoms with Crippen LogP contribution in [0.5, 0.6) is 0 Å². The van der Waals surface area contributed by atoms with E-state index >= 15 is 0 Å². The molecule has 0 radical (unpaired) electrons. The zero-order valence-corrected chi connectivity index (χ0v) is 26.4. The van der Waals surface area contributed by atoms with Gasteiger partial charge >= 0.3 is 11.9 Å². The second-order valence-electron chi connectivity index (χ2n) is 12.0. The predicted molar refractivity (Wildman–Crippen MR) is 163 cm³/mol. The normalized spacial score (nSPS) is 14.6. The monoisotopic (exact) mass is 563 g/mol. The smallest absolute Gasteiger partial charge is 0.338 e. The van der Waals surface area contributed by atoms with Crippen molar-refractivity contribution in [1.82, 2.24) is 9.97 Å². The Hall–Kier alpha value is -2.09. The van der Waals surface area contributed by atoms with Crippen molar-refractivity contribution >= 4 is 29.6 Å². The van der Waals surface area contributed by atoms with Crippen LogP contribution >= 0.6 is 11.8 Å². The predicted octanol–water partition coefficient (Wildman–Crippen LogP) is 8.03. The number of anilines is 1. The highest BCUT2D eigenvalue weighted by molar-refractivity contribution is 8.00. The number of hydrogen-bond acceptors (Lipinski definition) is 7. The van der Waals surface area contributed by atoms with Crippen molar-refractivity contribution in [2.24, 2.45) is 17.8 Å². The number of carboxylic acids is 1. The molecule has 3 atom stereocenters.